The van der Waals surface area contributed by atoms with Crippen molar-refractivity contribution in [1.82, 2.24) is 4.98 Å². The van der Waals surface area contributed by atoms with Gasteiger partial charge in [0.1, 0.15) is 12.5 Å². The topological polar surface area (TPSA) is 73.1 Å². The van der Waals surface area contributed by atoms with Crippen molar-refractivity contribution < 1.29 is 9.72 Å². The van der Waals surface area contributed by atoms with Gasteiger partial charge in [-0.3, -0.25) is 4.79 Å². The van der Waals surface area contributed by atoms with Gasteiger partial charge in [0.05, 0.1) is 0 Å². The van der Waals surface area contributed by atoms with Gasteiger partial charge in [0.25, 0.3) is 0 Å². The van der Waals surface area contributed by atoms with Crippen LogP contribution in [0.5, 0.6) is 0 Å². The minimum atomic E-state index is -0.536. The minimum absolute atomic E-state index is 0.180. The van der Waals surface area contributed by atoms with Gasteiger partial charge in [-0.2, -0.15) is 0 Å². The molecule has 5 nitrogen and oxygen atoms in total. The number of aryl methyl sites for hydroxylation is 1. The van der Waals surface area contributed by atoms with Crippen molar-refractivity contribution in [3.8, 4) is 11.1 Å². The largest absolute Gasteiger partial charge is 0.363 e. The van der Waals surface area contributed by atoms with Gasteiger partial charge in [0.2, 0.25) is 0 Å². The van der Waals surface area contributed by atoms with E-state index in [0.717, 1.165) is 23.0 Å². The lowest BCUT2D eigenvalue weighted by atomic mass is 10.00. The lowest BCUT2D eigenvalue weighted by molar-refractivity contribution is -0.389. The molecule has 0 amide bonds. The summed E-state index contributed by atoms with van der Waals surface area (Å²) in [5.74, 6) is -0.180. The molecule has 18 heavy (non-hydrogen) atoms. The number of hydrogen-bond donors (Lipinski definition) is 0. The van der Waals surface area contributed by atoms with Gasteiger partial charge in [0, 0.05) is 17.2 Å². The summed E-state index contributed by atoms with van der Waals surface area (Å²) in [7, 11) is 0. The lowest BCUT2D eigenvalue weighted by Crippen LogP contribution is -1.92. The zero-order valence-electron chi connectivity index (χ0n) is 9.66. The molecule has 0 saturated carbocycles. The van der Waals surface area contributed by atoms with Crippen LogP contribution in [0, 0.1) is 17.0 Å². The Morgan fingerprint density at radius 2 is 2.06 bits per heavy atom. The van der Waals surface area contributed by atoms with E-state index in [2.05, 4.69) is 4.98 Å². The van der Waals surface area contributed by atoms with E-state index >= 15 is 0 Å². The van der Waals surface area contributed by atoms with Crippen LogP contribution >= 0.6 is 0 Å². The van der Waals surface area contributed by atoms with E-state index in [1.807, 2.05) is 13.0 Å². The Labute approximate surface area is 103 Å². The van der Waals surface area contributed by atoms with Crippen LogP contribution in [0.25, 0.3) is 11.1 Å². The third-order valence-corrected chi connectivity index (χ3v) is 2.63. The van der Waals surface area contributed by atoms with Crippen molar-refractivity contribution in [2.24, 2.45) is 0 Å². The summed E-state index contributed by atoms with van der Waals surface area (Å²) in [4.78, 5) is 24.4. The number of nitro groups is 1. The molecule has 0 bridgehead atoms. The summed E-state index contributed by atoms with van der Waals surface area (Å²) < 4.78 is 0. The van der Waals surface area contributed by atoms with Crippen molar-refractivity contribution in [3.63, 3.8) is 0 Å². The second-order valence-corrected chi connectivity index (χ2v) is 3.85. The maximum atomic E-state index is 10.6. The fourth-order valence-electron chi connectivity index (χ4n) is 1.74. The highest BCUT2D eigenvalue weighted by molar-refractivity contribution is 5.78. The summed E-state index contributed by atoms with van der Waals surface area (Å²) in [6, 6.07) is 8.29. The molecular weight excluding hydrogens is 232 g/mol. The smallest absolute Gasteiger partial charge is 0.358 e. The van der Waals surface area contributed by atoms with E-state index < -0.39 is 4.92 Å². The Balaban J connectivity index is 2.42. The van der Waals surface area contributed by atoms with Crippen LogP contribution in [0.1, 0.15) is 15.9 Å². The van der Waals surface area contributed by atoms with E-state index in [0.29, 0.717) is 5.56 Å². The molecule has 0 spiro atoms. The van der Waals surface area contributed by atoms with Gasteiger partial charge in [-0.25, -0.2) is 0 Å². The van der Waals surface area contributed by atoms with Crippen molar-refractivity contribution in [2.45, 2.75) is 6.92 Å². The van der Waals surface area contributed by atoms with Crippen molar-refractivity contribution in [3.05, 3.63) is 57.8 Å². The number of hydrogen-bond acceptors (Lipinski definition) is 4. The third kappa shape index (κ3) is 2.24. The number of aldehydes is 1. The predicted molar refractivity (Wildman–Crippen MR) is 66.5 cm³/mol. The summed E-state index contributed by atoms with van der Waals surface area (Å²) >= 11 is 0. The van der Waals surface area contributed by atoms with Crippen molar-refractivity contribution >= 4 is 12.1 Å². The molecule has 0 atom stereocenters. The average Bonchev–Trinajstić information content (AvgIpc) is 2.38. The van der Waals surface area contributed by atoms with Crippen LogP contribution in [0.15, 0.2) is 36.5 Å². The van der Waals surface area contributed by atoms with Gasteiger partial charge < -0.3 is 10.1 Å². The molecular formula is C13H10N2O3. The first kappa shape index (κ1) is 11.9. The normalized spacial score (nSPS) is 10.1. The number of nitrogens with zero attached hydrogens (tertiary/aromatic N) is 2. The molecule has 1 aromatic carbocycles. The van der Waals surface area contributed by atoms with Crippen LogP contribution in [-0.2, 0) is 0 Å². The monoisotopic (exact) mass is 242 g/mol. The highest BCUT2D eigenvalue weighted by Crippen LogP contribution is 2.24. The Kier molecular flexibility index (Phi) is 3.14. The van der Waals surface area contributed by atoms with Crippen LogP contribution in [0.4, 0.5) is 5.82 Å². The molecule has 0 fully saturated rings. The minimum Gasteiger partial charge on any atom is -0.358 e. The summed E-state index contributed by atoms with van der Waals surface area (Å²) in [5, 5.41) is 10.5. The van der Waals surface area contributed by atoms with E-state index in [4.69, 9.17) is 0 Å². The Hall–Kier alpha value is -2.56. The maximum absolute atomic E-state index is 10.6. The zero-order valence-corrected chi connectivity index (χ0v) is 9.66. The molecule has 1 aromatic heterocycles. The van der Waals surface area contributed by atoms with Gasteiger partial charge in [0.15, 0.2) is 0 Å². The molecule has 0 N–H and O–H groups in total. The molecule has 0 aliphatic carbocycles. The number of carbonyl (C=O) groups is 1. The van der Waals surface area contributed by atoms with Crippen LogP contribution < -0.4 is 0 Å². The molecule has 90 valence electrons. The average molecular weight is 242 g/mol. The second-order valence-electron chi connectivity index (χ2n) is 3.85. The molecule has 2 aromatic rings. The molecule has 5 heteroatoms. The molecule has 0 aliphatic rings. The molecule has 0 saturated heterocycles. The summed E-state index contributed by atoms with van der Waals surface area (Å²) in [6.07, 6.45) is 2.24. The number of pyridine rings is 1. The lowest BCUT2D eigenvalue weighted by Gasteiger charge is -2.04. The highest BCUT2D eigenvalue weighted by atomic mass is 16.6. The first-order chi connectivity index (χ1) is 8.61. The Morgan fingerprint density at radius 1 is 1.28 bits per heavy atom. The first-order valence-corrected chi connectivity index (χ1v) is 5.28. The van der Waals surface area contributed by atoms with Gasteiger partial charge in [-0.15, -0.1) is 0 Å². The maximum Gasteiger partial charge on any atom is 0.363 e. The van der Waals surface area contributed by atoms with E-state index in [-0.39, 0.29) is 5.82 Å². The van der Waals surface area contributed by atoms with Gasteiger partial charge >= 0.3 is 5.82 Å². The number of aromatic nitrogens is 1. The van der Waals surface area contributed by atoms with Gasteiger partial charge in [-0.1, -0.05) is 12.1 Å². The Morgan fingerprint density at radius 3 is 2.56 bits per heavy atom. The molecule has 2 rings (SSSR count). The highest BCUT2D eigenvalue weighted by Gasteiger charge is 2.09. The molecule has 0 aliphatic heterocycles. The van der Waals surface area contributed by atoms with Gasteiger partial charge in [-0.05, 0) is 40.1 Å². The summed E-state index contributed by atoms with van der Waals surface area (Å²) in [6.45, 7) is 1.88. The fraction of sp³-hybridized carbons (Fsp3) is 0.0769. The van der Waals surface area contributed by atoms with Crippen molar-refractivity contribution in [2.75, 3.05) is 0 Å². The number of rotatable bonds is 3. The van der Waals surface area contributed by atoms with Crippen LogP contribution in [0.2, 0.25) is 0 Å². The standard InChI is InChI=1S/C13H10N2O3/c1-9-6-10(8-16)2-4-12(9)11-3-5-13(14-7-11)15(17)18/h2-8H,1H3. The number of carbonyl (C=O) groups excluding carboxylic acids is 1. The fourth-order valence-corrected chi connectivity index (χ4v) is 1.74. The quantitative estimate of drug-likeness (QED) is 0.471. The second kappa shape index (κ2) is 4.75. The molecule has 0 unspecified atom stereocenters. The number of benzene rings is 1. The van der Waals surface area contributed by atoms with E-state index in [1.54, 1.807) is 18.2 Å². The van der Waals surface area contributed by atoms with Crippen LogP contribution in [-0.4, -0.2) is 16.2 Å². The van der Waals surface area contributed by atoms with Crippen molar-refractivity contribution in [1.29, 1.82) is 0 Å². The summed E-state index contributed by atoms with van der Waals surface area (Å²) in [5.41, 5.74) is 3.22. The SMILES string of the molecule is Cc1cc(C=O)ccc1-c1ccc([N+](=O)[O-])nc1. The molecule has 0 radical (unpaired) electrons. The first-order valence-electron chi connectivity index (χ1n) is 5.28. The third-order valence-electron chi connectivity index (χ3n) is 2.63. The predicted octanol–water partition coefficient (Wildman–Crippen LogP) is 2.78. The van der Waals surface area contributed by atoms with Crippen LogP contribution in [0.3, 0.4) is 0 Å². The van der Waals surface area contributed by atoms with E-state index in [9.17, 15) is 14.9 Å². The zero-order chi connectivity index (χ0) is 13.1. The van der Waals surface area contributed by atoms with E-state index in [1.165, 1.54) is 12.3 Å². The molecule has 1 heterocycles. The Bertz CT molecular complexity index is 606.